The Kier molecular flexibility index (Phi) is 4.16. The lowest BCUT2D eigenvalue weighted by Crippen LogP contribution is -2.42. The van der Waals surface area contributed by atoms with Crippen LogP contribution < -0.4 is 10.6 Å². The van der Waals surface area contributed by atoms with Crippen LogP contribution in [0.5, 0.6) is 0 Å². The quantitative estimate of drug-likeness (QED) is 0.890. The Bertz CT molecular complexity index is 485. The highest BCUT2D eigenvalue weighted by Gasteiger charge is 2.29. The zero-order valence-corrected chi connectivity index (χ0v) is 12.5. The first kappa shape index (κ1) is 14.4. The van der Waals surface area contributed by atoms with Gasteiger partial charge in [-0.15, -0.1) is 0 Å². The largest absolute Gasteiger partial charge is 0.359 e. The van der Waals surface area contributed by atoms with E-state index < -0.39 is 5.41 Å². The number of nitrogens with one attached hydrogen (secondary N) is 2. The van der Waals surface area contributed by atoms with Gasteiger partial charge in [0.2, 0.25) is 5.91 Å². The van der Waals surface area contributed by atoms with Gasteiger partial charge >= 0.3 is 0 Å². The van der Waals surface area contributed by atoms with Gasteiger partial charge in [0.05, 0.1) is 5.41 Å². The highest BCUT2D eigenvalue weighted by atomic mass is 35.5. The summed E-state index contributed by atoms with van der Waals surface area (Å²) in [4.78, 5) is 11.8. The van der Waals surface area contributed by atoms with Gasteiger partial charge in [-0.2, -0.15) is 0 Å². The molecule has 104 valence electrons. The minimum atomic E-state index is -0.399. The number of hydrogen-bond donors (Lipinski definition) is 2. The Morgan fingerprint density at radius 1 is 1.47 bits per heavy atom. The molecule has 0 saturated heterocycles. The minimum absolute atomic E-state index is 0.0642. The van der Waals surface area contributed by atoms with E-state index in [1.165, 1.54) is 11.1 Å². The number of aryl methyl sites for hydroxylation is 1. The lowest BCUT2D eigenvalue weighted by atomic mass is 9.91. The van der Waals surface area contributed by atoms with Gasteiger partial charge in [0, 0.05) is 24.7 Å². The van der Waals surface area contributed by atoms with Crippen LogP contribution in [0, 0.1) is 5.41 Å². The number of hydrogen-bond acceptors (Lipinski definition) is 2. The van der Waals surface area contributed by atoms with Crippen LogP contribution in [0.1, 0.15) is 37.4 Å². The normalized spacial score (nSPS) is 18.2. The monoisotopic (exact) mass is 280 g/mol. The topological polar surface area (TPSA) is 41.1 Å². The van der Waals surface area contributed by atoms with E-state index in [2.05, 4.69) is 16.7 Å². The molecular formula is C15H21ClN2O. The molecule has 1 unspecified atom stereocenters. The van der Waals surface area contributed by atoms with Gasteiger partial charge in [-0.3, -0.25) is 4.79 Å². The molecule has 1 amide bonds. The molecule has 4 heteroatoms. The maximum atomic E-state index is 11.8. The predicted molar refractivity (Wildman–Crippen MR) is 78.4 cm³/mol. The number of fused-ring (bicyclic) bond motifs is 1. The van der Waals surface area contributed by atoms with E-state index in [0.29, 0.717) is 12.6 Å². The van der Waals surface area contributed by atoms with Crippen molar-refractivity contribution in [3.63, 3.8) is 0 Å². The van der Waals surface area contributed by atoms with Crippen LogP contribution in [0.2, 0.25) is 5.02 Å². The molecule has 1 aromatic carbocycles. The van der Waals surface area contributed by atoms with Crippen molar-refractivity contribution in [3.8, 4) is 0 Å². The summed E-state index contributed by atoms with van der Waals surface area (Å²) in [5, 5.41) is 7.02. The third kappa shape index (κ3) is 3.10. The Morgan fingerprint density at radius 3 is 2.89 bits per heavy atom. The SMILES string of the molecule is CNC(=O)C(C)(C)CNC1CCc2cc(Cl)ccc21. The van der Waals surface area contributed by atoms with Gasteiger partial charge in [-0.05, 0) is 49.9 Å². The van der Waals surface area contributed by atoms with Crippen LogP contribution in [0.3, 0.4) is 0 Å². The zero-order chi connectivity index (χ0) is 14.0. The molecule has 0 aliphatic heterocycles. The van der Waals surface area contributed by atoms with Crippen molar-refractivity contribution in [2.45, 2.75) is 32.7 Å². The van der Waals surface area contributed by atoms with Crippen LogP contribution in [0.15, 0.2) is 18.2 Å². The summed E-state index contributed by atoms with van der Waals surface area (Å²) in [5.74, 6) is 0.0642. The maximum absolute atomic E-state index is 11.8. The molecule has 1 aliphatic rings. The van der Waals surface area contributed by atoms with Gasteiger partial charge in [-0.25, -0.2) is 0 Å². The molecule has 0 bridgehead atoms. The molecule has 0 radical (unpaired) electrons. The molecule has 19 heavy (non-hydrogen) atoms. The molecule has 0 heterocycles. The fourth-order valence-corrected chi connectivity index (χ4v) is 2.79. The fourth-order valence-electron chi connectivity index (χ4n) is 2.60. The van der Waals surface area contributed by atoms with Crippen molar-refractivity contribution in [2.75, 3.05) is 13.6 Å². The lowest BCUT2D eigenvalue weighted by Gasteiger charge is -2.25. The first-order valence-corrected chi connectivity index (χ1v) is 7.06. The Labute approximate surface area is 119 Å². The highest BCUT2D eigenvalue weighted by molar-refractivity contribution is 6.30. The van der Waals surface area contributed by atoms with Crippen molar-refractivity contribution in [1.82, 2.24) is 10.6 Å². The molecule has 2 N–H and O–H groups in total. The molecule has 0 aromatic heterocycles. The van der Waals surface area contributed by atoms with Crippen molar-refractivity contribution >= 4 is 17.5 Å². The fraction of sp³-hybridized carbons (Fsp3) is 0.533. The Morgan fingerprint density at radius 2 is 2.21 bits per heavy atom. The first-order valence-electron chi connectivity index (χ1n) is 6.68. The molecule has 1 atom stereocenters. The zero-order valence-electron chi connectivity index (χ0n) is 11.7. The summed E-state index contributed by atoms with van der Waals surface area (Å²) < 4.78 is 0. The van der Waals surface area contributed by atoms with Crippen LogP contribution >= 0.6 is 11.6 Å². The number of benzene rings is 1. The molecule has 0 spiro atoms. The maximum Gasteiger partial charge on any atom is 0.226 e. The van der Waals surface area contributed by atoms with Crippen molar-refractivity contribution in [2.24, 2.45) is 5.41 Å². The highest BCUT2D eigenvalue weighted by Crippen LogP contribution is 2.33. The summed E-state index contributed by atoms with van der Waals surface area (Å²) in [5.41, 5.74) is 2.24. The van der Waals surface area contributed by atoms with E-state index in [4.69, 9.17) is 11.6 Å². The molecule has 2 rings (SSSR count). The summed E-state index contributed by atoms with van der Waals surface area (Å²) in [6.07, 6.45) is 2.12. The molecule has 1 aromatic rings. The summed E-state index contributed by atoms with van der Waals surface area (Å²) in [6.45, 7) is 4.58. The standard InChI is InChI=1S/C15H21ClN2O/c1-15(2,14(19)17-3)9-18-13-7-4-10-8-11(16)5-6-12(10)13/h5-6,8,13,18H,4,7,9H2,1-3H3,(H,17,19). The number of rotatable bonds is 4. The number of carbonyl (C=O) groups excluding carboxylic acids is 1. The van der Waals surface area contributed by atoms with Crippen molar-refractivity contribution in [3.05, 3.63) is 34.3 Å². The summed E-state index contributed by atoms with van der Waals surface area (Å²) in [6, 6.07) is 6.40. The van der Waals surface area contributed by atoms with E-state index in [1.54, 1.807) is 7.05 Å². The van der Waals surface area contributed by atoms with Gasteiger partial charge in [0.25, 0.3) is 0 Å². The number of halogens is 1. The van der Waals surface area contributed by atoms with Gasteiger partial charge in [-0.1, -0.05) is 17.7 Å². The smallest absolute Gasteiger partial charge is 0.226 e. The van der Waals surface area contributed by atoms with E-state index in [0.717, 1.165) is 17.9 Å². The van der Waals surface area contributed by atoms with Gasteiger partial charge in [0.15, 0.2) is 0 Å². The molecule has 0 fully saturated rings. The van der Waals surface area contributed by atoms with E-state index in [9.17, 15) is 4.79 Å². The van der Waals surface area contributed by atoms with Crippen LogP contribution in [-0.4, -0.2) is 19.5 Å². The molecule has 3 nitrogen and oxygen atoms in total. The minimum Gasteiger partial charge on any atom is -0.359 e. The average Bonchev–Trinajstić information content (AvgIpc) is 2.77. The number of carbonyl (C=O) groups is 1. The van der Waals surface area contributed by atoms with Crippen LogP contribution in [0.4, 0.5) is 0 Å². The van der Waals surface area contributed by atoms with E-state index in [-0.39, 0.29) is 5.91 Å². The lowest BCUT2D eigenvalue weighted by molar-refractivity contribution is -0.128. The first-order chi connectivity index (χ1) is 8.94. The van der Waals surface area contributed by atoms with E-state index in [1.807, 2.05) is 26.0 Å². The second kappa shape index (κ2) is 5.51. The van der Waals surface area contributed by atoms with Crippen LogP contribution in [0.25, 0.3) is 0 Å². The van der Waals surface area contributed by atoms with E-state index >= 15 is 0 Å². The second-order valence-corrected chi connectivity index (χ2v) is 6.21. The van der Waals surface area contributed by atoms with Gasteiger partial charge in [0.1, 0.15) is 0 Å². The number of amides is 1. The summed E-state index contributed by atoms with van der Waals surface area (Å²) >= 11 is 6.01. The third-order valence-electron chi connectivity index (χ3n) is 3.81. The van der Waals surface area contributed by atoms with Crippen LogP contribution in [-0.2, 0) is 11.2 Å². The Hall–Kier alpha value is -1.06. The van der Waals surface area contributed by atoms with Crippen molar-refractivity contribution < 1.29 is 4.79 Å². The molecular weight excluding hydrogens is 260 g/mol. The molecule has 1 aliphatic carbocycles. The van der Waals surface area contributed by atoms with Crippen molar-refractivity contribution in [1.29, 1.82) is 0 Å². The second-order valence-electron chi connectivity index (χ2n) is 5.78. The van der Waals surface area contributed by atoms with Gasteiger partial charge < -0.3 is 10.6 Å². The predicted octanol–water partition coefficient (Wildman–Crippen LogP) is 2.69. The molecule has 0 saturated carbocycles. The average molecular weight is 281 g/mol. The third-order valence-corrected chi connectivity index (χ3v) is 4.05. The summed E-state index contributed by atoms with van der Waals surface area (Å²) in [7, 11) is 1.68. The Balaban J connectivity index is 2.02.